The van der Waals surface area contributed by atoms with Gasteiger partial charge in [0.1, 0.15) is 0 Å². The van der Waals surface area contributed by atoms with E-state index in [-0.39, 0.29) is 0 Å². The van der Waals surface area contributed by atoms with Crippen LogP contribution in [0, 0.1) is 0 Å². The van der Waals surface area contributed by atoms with Gasteiger partial charge in [0.2, 0.25) is 0 Å². The molecule has 1 heterocycles. The molecule has 3 heteroatoms. The van der Waals surface area contributed by atoms with E-state index in [1.165, 1.54) is 10.5 Å². The summed E-state index contributed by atoms with van der Waals surface area (Å²) >= 11 is 1.58. The van der Waals surface area contributed by atoms with Crippen molar-refractivity contribution in [3.63, 3.8) is 0 Å². The number of fused-ring (bicyclic) bond motifs is 1. The van der Waals surface area contributed by atoms with Gasteiger partial charge in [0.05, 0.1) is 7.11 Å². The average molecular weight is 179 g/mol. The number of nitrogens with one attached hydrogen (secondary N) is 1. The quantitative estimate of drug-likeness (QED) is 0.668. The lowest BCUT2D eigenvalue weighted by molar-refractivity contribution is 0.283. The second-order valence-corrected chi connectivity index (χ2v) is 3.30. The topological polar surface area (TPSA) is 21.3 Å². The Morgan fingerprint density at radius 1 is 1.33 bits per heavy atom. The van der Waals surface area contributed by atoms with E-state index in [2.05, 4.69) is 16.9 Å². The van der Waals surface area contributed by atoms with Gasteiger partial charge in [-0.1, -0.05) is 18.2 Å². The molecule has 0 aliphatic carbocycles. The highest BCUT2D eigenvalue weighted by atomic mass is 32.2. The number of ether oxygens (including phenoxy) is 1. The van der Waals surface area contributed by atoms with Crippen molar-refractivity contribution in [1.82, 2.24) is 4.72 Å². The van der Waals surface area contributed by atoms with Gasteiger partial charge in [-0.2, -0.15) is 0 Å². The van der Waals surface area contributed by atoms with Gasteiger partial charge in [-0.3, -0.25) is 4.72 Å². The Balaban J connectivity index is 2.41. The molecule has 12 heavy (non-hydrogen) atoms. The Morgan fingerprint density at radius 2 is 2.17 bits per heavy atom. The first kappa shape index (κ1) is 7.55. The van der Waals surface area contributed by atoms with Gasteiger partial charge in [-0.05, 0) is 23.6 Å². The number of hydrogen-bond acceptors (Lipinski definition) is 3. The zero-order valence-corrected chi connectivity index (χ0v) is 7.52. The molecule has 1 N–H and O–H groups in total. The van der Waals surface area contributed by atoms with Crippen LogP contribution in [-0.2, 0) is 4.74 Å². The van der Waals surface area contributed by atoms with Gasteiger partial charge in [0.25, 0.3) is 0 Å². The van der Waals surface area contributed by atoms with Crippen LogP contribution in [0.3, 0.4) is 0 Å². The fourth-order valence-corrected chi connectivity index (χ4v) is 1.81. The molecule has 0 bridgehead atoms. The lowest BCUT2D eigenvalue weighted by Gasteiger charge is -2.15. The maximum absolute atomic E-state index is 5.08. The molecule has 2 rings (SSSR count). The zero-order valence-electron chi connectivity index (χ0n) is 6.70. The molecule has 0 spiro atoms. The van der Waals surface area contributed by atoms with E-state index in [1.807, 2.05) is 18.2 Å². The predicted octanol–water partition coefficient (Wildman–Crippen LogP) is 2.24. The summed E-state index contributed by atoms with van der Waals surface area (Å²) in [4.78, 5) is 1.23. The summed E-state index contributed by atoms with van der Waals surface area (Å²) in [5.74, 6) is 0.804. The minimum Gasteiger partial charge on any atom is -0.482 e. The molecule has 0 fully saturated rings. The molecular weight excluding hydrogens is 170 g/mol. The minimum atomic E-state index is 0.804. The molecule has 62 valence electrons. The fraction of sp³-hybridized carbons (Fsp3) is 0.111. The normalized spacial score (nSPS) is 14.2. The van der Waals surface area contributed by atoms with Crippen LogP contribution in [0.5, 0.6) is 0 Å². The third kappa shape index (κ3) is 1.28. The maximum atomic E-state index is 5.08. The second kappa shape index (κ2) is 3.11. The highest BCUT2D eigenvalue weighted by Crippen LogP contribution is 2.27. The first-order valence-corrected chi connectivity index (χ1v) is 4.49. The highest BCUT2D eigenvalue weighted by molar-refractivity contribution is 7.97. The Kier molecular flexibility index (Phi) is 1.96. The Labute approximate surface area is 75.8 Å². The number of methoxy groups -OCH3 is 1. The monoisotopic (exact) mass is 179 g/mol. The third-order valence-electron chi connectivity index (χ3n) is 1.69. The van der Waals surface area contributed by atoms with Crippen molar-refractivity contribution in [2.45, 2.75) is 4.90 Å². The first-order valence-electron chi connectivity index (χ1n) is 3.68. The van der Waals surface area contributed by atoms with Crippen LogP contribution in [0.1, 0.15) is 5.56 Å². The lowest BCUT2D eigenvalue weighted by atomic mass is 10.2. The molecular formula is C9H9NOS. The van der Waals surface area contributed by atoms with Crippen LogP contribution in [-0.4, -0.2) is 7.11 Å². The molecule has 0 saturated carbocycles. The number of rotatable bonds is 1. The Bertz CT molecular complexity index is 322. The zero-order chi connectivity index (χ0) is 8.39. The SMILES string of the molecule is COC1=Cc2ccccc2SN1. The number of benzene rings is 1. The minimum absolute atomic E-state index is 0.804. The molecule has 0 atom stereocenters. The molecule has 0 amide bonds. The van der Waals surface area contributed by atoms with Crippen LogP contribution in [0.4, 0.5) is 0 Å². The summed E-state index contributed by atoms with van der Waals surface area (Å²) in [6.07, 6.45) is 1.99. The molecule has 1 aliphatic heterocycles. The molecule has 0 aromatic heterocycles. The standard InChI is InChI=1S/C9H9NOS/c1-11-9-6-7-4-2-3-5-8(7)12-10-9/h2-6,10H,1H3. The predicted molar refractivity (Wildman–Crippen MR) is 50.4 cm³/mol. The van der Waals surface area contributed by atoms with Gasteiger partial charge in [-0.15, -0.1) is 0 Å². The van der Waals surface area contributed by atoms with Crippen molar-refractivity contribution < 1.29 is 4.74 Å². The van der Waals surface area contributed by atoms with Crippen LogP contribution in [0.15, 0.2) is 35.0 Å². The van der Waals surface area contributed by atoms with E-state index in [0.29, 0.717) is 0 Å². The largest absolute Gasteiger partial charge is 0.482 e. The van der Waals surface area contributed by atoms with Gasteiger partial charge in [-0.25, -0.2) is 0 Å². The van der Waals surface area contributed by atoms with E-state index < -0.39 is 0 Å². The average Bonchev–Trinajstić information content (AvgIpc) is 2.17. The van der Waals surface area contributed by atoms with Gasteiger partial charge >= 0.3 is 0 Å². The summed E-state index contributed by atoms with van der Waals surface area (Å²) in [6, 6.07) is 8.20. The summed E-state index contributed by atoms with van der Waals surface area (Å²) < 4.78 is 8.16. The van der Waals surface area contributed by atoms with Crippen molar-refractivity contribution in [2.24, 2.45) is 0 Å². The third-order valence-corrected chi connectivity index (χ3v) is 2.58. The molecule has 1 aromatic rings. The van der Waals surface area contributed by atoms with Crippen LogP contribution < -0.4 is 4.72 Å². The summed E-state index contributed by atoms with van der Waals surface area (Å²) in [5.41, 5.74) is 1.21. The molecule has 0 radical (unpaired) electrons. The van der Waals surface area contributed by atoms with Crippen molar-refractivity contribution in [1.29, 1.82) is 0 Å². The van der Waals surface area contributed by atoms with Crippen LogP contribution >= 0.6 is 11.9 Å². The first-order chi connectivity index (χ1) is 5.90. The van der Waals surface area contributed by atoms with E-state index in [9.17, 15) is 0 Å². The van der Waals surface area contributed by atoms with Crippen LogP contribution in [0.2, 0.25) is 0 Å². The molecule has 2 nitrogen and oxygen atoms in total. The van der Waals surface area contributed by atoms with Gasteiger partial charge in [0, 0.05) is 11.0 Å². The lowest BCUT2D eigenvalue weighted by Crippen LogP contribution is -2.09. The molecule has 0 saturated heterocycles. The summed E-state index contributed by atoms with van der Waals surface area (Å²) in [5, 5.41) is 0. The molecule has 0 unspecified atom stereocenters. The summed E-state index contributed by atoms with van der Waals surface area (Å²) in [7, 11) is 1.66. The molecule has 1 aliphatic rings. The van der Waals surface area contributed by atoms with Crippen molar-refractivity contribution in [3.8, 4) is 0 Å². The van der Waals surface area contributed by atoms with E-state index in [0.717, 1.165) is 5.88 Å². The van der Waals surface area contributed by atoms with Gasteiger partial charge in [0.15, 0.2) is 5.88 Å². The van der Waals surface area contributed by atoms with E-state index in [1.54, 1.807) is 19.1 Å². The van der Waals surface area contributed by atoms with Crippen molar-refractivity contribution in [2.75, 3.05) is 7.11 Å². The Morgan fingerprint density at radius 3 is 3.00 bits per heavy atom. The molecule has 1 aromatic carbocycles. The maximum Gasteiger partial charge on any atom is 0.197 e. The van der Waals surface area contributed by atoms with Gasteiger partial charge < -0.3 is 4.74 Å². The van der Waals surface area contributed by atoms with Crippen LogP contribution in [0.25, 0.3) is 6.08 Å². The fourth-order valence-electron chi connectivity index (χ4n) is 1.07. The van der Waals surface area contributed by atoms with E-state index >= 15 is 0 Å². The van der Waals surface area contributed by atoms with Crippen molar-refractivity contribution >= 4 is 18.0 Å². The second-order valence-electron chi connectivity index (χ2n) is 2.45. The van der Waals surface area contributed by atoms with Crippen molar-refractivity contribution in [3.05, 3.63) is 35.7 Å². The highest BCUT2D eigenvalue weighted by Gasteiger charge is 2.08. The summed E-state index contributed by atoms with van der Waals surface area (Å²) in [6.45, 7) is 0. The number of hydrogen-bond donors (Lipinski definition) is 1. The Hall–Kier alpha value is -1.09. The smallest absolute Gasteiger partial charge is 0.197 e. The van der Waals surface area contributed by atoms with E-state index in [4.69, 9.17) is 4.74 Å².